The van der Waals surface area contributed by atoms with Gasteiger partial charge in [-0.1, -0.05) is 13.5 Å². The lowest BCUT2D eigenvalue weighted by Gasteiger charge is -2.18. The topological polar surface area (TPSA) is 81.3 Å². The van der Waals surface area contributed by atoms with Gasteiger partial charge in [0.2, 0.25) is 5.91 Å². The summed E-state index contributed by atoms with van der Waals surface area (Å²) in [5, 5.41) is 2.50. The van der Waals surface area contributed by atoms with Crippen molar-refractivity contribution in [2.45, 2.75) is 19.4 Å². The molecule has 2 unspecified atom stereocenters. The number of amides is 1. The average Bonchev–Trinajstić information content (AvgIpc) is 2.10. The van der Waals surface area contributed by atoms with Gasteiger partial charge < -0.3 is 9.87 Å². The van der Waals surface area contributed by atoms with Gasteiger partial charge in [0, 0.05) is 23.9 Å². The number of rotatable bonds is 6. The van der Waals surface area contributed by atoms with Gasteiger partial charge in [-0.05, 0) is 12.5 Å². The highest BCUT2D eigenvalue weighted by Gasteiger charge is 2.05. The third-order valence-electron chi connectivity index (χ3n) is 1.46. The highest BCUT2D eigenvalue weighted by atomic mass is 32.2. The first-order valence-electron chi connectivity index (χ1n) is 3.85. The summed E-state index contributed by atoms with van der Waals surface area (Å²) in [5.41, 5.74) is 0. The van der Waals surface area contributed by atoms with Crippen LogP contribution in [0, 0.1) is 0 Å². The summed E-state index contributed by atoms with van der Waals surface area (Å²) in [6.07, 6.45) is 1.76. The van der Waals surface area contributed by atoms with Crippen molar-refractivity contribution >= 4 is 17.2 Å². The van der Waals surface area contributed by atoms with Crippen molar-refractivity contribution < 1.29 is 13.6 Å². The van der Waals surface area contributed by atoms with E-state index in [1.165, 1.54) is 0 Å². The molecule has 0 bridgehead atoms. The quantitative estimate of drug-likeness (QED) is 0.451. The molecule has 0 aromatic heterocycles. The predicted octanol–water partition coefficient (Wildman–Crippen LogP) is -0.549. The molecule has 2 N–H and O–H groups in total. The Morgan fingerprint density at radius 3 is 2.77 bits per heavy atom. The first-order valence-corrected chi connectivity index (χ1v) is 4.93. The van der Waals surface area contributed by atoms with Crippen molar-refractivity contribution in [3.8, 4) is 0 Å². The Bertz CT molecular complexity index is 208. The maximum Gasteiger partial charge on any atom is 0.243 e. The van der Waals surface area contributed by atoms with Gasteiger partial charge in [0.1, 0.15) is 0 Å². The molecular weight excluding hydrogens is 192 g/mol. The molecule has 0 saturated carbocycles. The third kappa shape index (κ3) is 6.44. The highest BCUT2D eigenvalue weighted by Crippen LogP contribution is 1.89. The molecule has 6 heteroatoms. The summed E-state index contributed by atoms with van der Waals surface area (Å²) in [7, 11) is 0. The Balaban J connectivity index is 3.77. The van der Waals surface area contributed by atoms with Crippen LogP contribution in [0.4, 0.5) is 0 Å². The molecule has 0 aliphatic carbocycles. The van der Waals surface area contributed by atoms with Crippen molar-refractivity contribution in [1.29, 1.82) is 0 Å². The zero-order chi connectivity index (χ0) is 10.3. The maximum absolute atomic E-state index is 10.7. The number of carbonyl (C=O) groups excluding carboxylic acids is 1. The molecule has 0 aromatic carbocycles. The smallest absolute Gasteiger partial charge is 0.243 e. The van der Waals surface area contributed by atoms with Crippen molar-refractivity contribution in [3.05, 3.63) is 12.7 Å². The van der Waals surface area contributed by atoms with E-state index in [9.17, 15) is 13.6 Å². The molecule has 5 nitrogen and oxygen atoms in total. The van der Waals surface area contributed by atoms with Crippen molar-refractivity contribution in [2.24, 2.45) is 0 Å². The van der Waals surface area contributed by atoms with Gasteiger partial charge in [-0.2, -0.15) is 0 Å². The van der Waals surface area contributed by atoms with E-state index >= 15 is 0 Å². The van der Waals surface area contributed by atoms with Crippen LogP contribution in [0.3, 0.4) is 0 Å². The Kier molecular flexibility index (Phi) is 6.38. The lowest BCUT2D eigenvalue weighted by molar-refractivity contribution is -0.116. The van der Waals surface area contributed by atoms with Gasteiger partial charge in [-0.15, -0.1) is 0 Å². The number of carbonyl (C=O) groups is 1. The normalized spacial score (nSPS) is 14.6. The molecule has 0 spiro atoms. The molecule has 2 atom stereocenters. The van der Waals surface area contributed by atoms with Crippen LogP contribution in [-0.4, -0.2) is 27.3 Å². The molecule has 0 heterocycles. The molecular formula is C7H13N2O3S-. The fourth-order valence-electron chi connectivity index (χ4n) is 0.701. The Labute approximate surface area is 80.0 Å². The number of hydrogen-bond acceptors (Lipinski definition) is 3. The molecule has 0 fully saturated rings. The molecule has 0 rings (SSSR count). The Morgan fingerprint density at radius 2 is 2.38 bits per heavy atom. The maximum atomic E-state index is 10.7. The fourth-order valence-corrected chi connectivity index (χ4v) is 1.22. The summed E-state index contributed by atoms with van der Waals surface area (Å²) in [6.45, 7) is 5.37. The highest BCUT2D eigenvalue weighted by molar-refractivity contribution is 7.77. The standard InChI is InChI=1S/C7H14N2O3S/c1-3-6(9-13(11)12)5-8-7(10)4-2/h4,6,9H,2-3,5H2,1H3,(H,8,10)(H,11,12)/p-1. The van der Waals surface area contributed by atoms with Crippen LogP contribution in [0.25, 0.3) is 0 Å². The predicted molar refractivity (Wildman–Crippen MR) is 49.3 cm³/mol. The van der Waals surface area contributed by atoms with Gasteiger partial charge in [0.25, 0.3) is 0 Å². The second-order valence-corrected chi connectivity index (χ2v) is 3.11. The molecule has 0 aromatic rings. The van der Waals surface area contributed by atoms with Gasteiger partial charge in [-0.3, -0.25) is 9.00 Å². The summed E-state index contributed by atoms with van der Waals surface area (Å²) in [4.78, 5) is 10.7. The average molecular weight is 205 g/mol. The third-order valence-corrected chi connectivity index (χ3v) is 1.99. The van der Waals surface area contributed by atoms with Crippen molar-refractivity contribution in [2.75, 3.05) is 6.54 Å². The molecule has 0 aliphatic rings. The second kappa shape index (κ2) is 6.76. The molecule has 0 saturated heterocycles. The van der Waals surface area contributed by atoms with E-state index in [0.717, 1.165) is 6.08 Å². The van der Waals surface area contributed by atoms with Gasteiger partial charge in [0.15, 0.2) is 0 Å². The van der Waals surface area contributed by atoms with Crippen LogP contribution in [-0.2, 0) is 16.1 Å². The van der Waals surface area contributed by atoms with Crippen LogP contribution in [0.2, 0.25) is 0 Å². The van der Waals surface area contributed by atoms with Crippen LogP contribution in [0.1, 0.15) is 13.3 Å². The first-order chi connectivity index (χ1) is 6.10. The largest absolute Gasteiger partial charge is 0.760 e. The summed E-state index contributed by atoms with van der Waals surface area (Å²) in [5.74, 6) is -0.308. The van der Waals surface area contributed by atoms with Crippen LogP contribution >= 0.6 is 0 Å². The van der Waals surface area contributed by atoms with Crippen molar-refractivity contribution in [1.82, 2.24) is 10.0 Å². The fraction of sp³-hybridized carbons (Fsp3) is 0.571. The van der Waals surface area contributed by atoms with Gasteiger partial charge in [0.05, 0.1) is 0 Å². The van der Waals surface area contributed by atoms with E-state index in [2.05, 4.69) is 16.6 Å². The molecule has 0 radical (unpaired) electrons. The van der Waals surface area contributed by atoms with E-state index in [-0.39, 0.29) is 18.5 Å². The van der Waals surface area contributed by atoms with Crippen molar-refractivity contribution in [3.63, 3.8) is 0 Å². The lowest BCUT2D eigenvalue weighted by atomic mass is 10.2. The van der Waals surface area contributed by atoms with Gasteiger partial charge >= 0.3 is 0 Å². The lowest BCUT2D eigenvalue weighted by Crippen LogP contribution is -2.40. The number of nitrogens with one attached hydrogen (secondary N) is 2. The SMILES string of the molecule is C=CC(=O)NCC(CC)NS(=O)[O-]. The zero-order valence-corrected chi connectivity index (χ0v) is 8.23. The van der Waals surface area contributed by atoms with Crippen LogP contribution < -0.4 is 10.0 Å². The zero-order valence-electron chi connectivity index (χ0n) is 7.41. The Hall–Kier alpha value is -0.720. The van der Waals surface area contributed by atoms with E-state index in [1.807, 2.05) is 6.92 Å². The summed E-state index contributed by atoms with van der Waals surface area (Å²) in [6, 6.07) is -0.262. The minimum atomic E-state index is -2.29. The molecule has 76 valence electrons. The molecule has 13 heavy (non-hydrogen) atoms. The van der Waals surface area contributed by atoms with E-state index < -0.39 is 11.3 Å². The summed E-state index contributed by atoms with van der Waals surface area (Å²) >= 11 is -2.29. The van der Waals surface area contributed by atoms with Gasteiger partial charge in [-0.25, -0.2) is 4.72 Å². The Morgan fingerprint density at radius 1 is 1.77 bits per heavy atom. The van der Waals surface area contributed by atoms with Crippen LogP contribution in [0.15, 0.2) is 12.7 Å². The minimum Gasteiger partial charge on any atom is -0.760 e. The summed E-state index contributed by atoms with van der Waals surface area (Å²) < 4.78 is 22.8. The van der Waals surface area contributed by atoms with E-state index in [0.29, 0.717) is 6.42 Å². The van der Waals surface area contributed by atoms with E-state index in [4.69, 9.17) is 0 Å². The first kappa shape index (κ1) is 12.3. The molecule has 1 amide bonds. The van der Waals surface area contributed by atoms with E-state index in [1.54, 1.807) is 0 Å². The molecule has 0 aliphatic heterocycles. The monoisotopic (exact) mass is 205 g/mol. The van der Waals surface area contributed by atoms with Crippen LogP contribution in [0.5, 0.6) is 0 Å². The minimum absolute atomic E-state index is 0.262. The second-order valence-electron chi connectivity index (χ2n) is 2.41. The number of hydrogen-bond donors (Lipinski definition) is 2.